The predicted octanol–water partition coefficient (Wildman–Crippen LogP) is 0.0741. The van der Waals surface area contributed by atoms with E-state index in [4.69, 9.17) is 4.74 Å². The summed E-state index contributed by atoms with van der Waals surface area (Å²) in [4.78, 5) is 16.0. The Bertz CT molecular complexity index is 342. The molecule has 0 aliphatic carbocycles. The summed E-state index contributed by atoms with van der Waals surface area (Å²) in [5, 5.41) is 3.12. The van der Waals surface area contributed by atoms with Crippen molar-refractivity contribution in [3.05, 3.63) is 18.2 Å². The highest BCUT2D eigenvalue weighted by Gasteiger charge is 2.23. The van der Waals surface area contributed by atoms with Gasteiger partial charge in [-0.25, -0.2) is 4.98 Å². The van der Waals surface area contributed by atoms with Crippen LogP contribution in [0.1, 0.15) is 17.4 Å². The maximum absolute atomic E-state index is 11.9. The summed E-state index contributed by atoms with van der Waals surface area (Å²) >= 11 is 0. The Hall–Kier alpha value is -1.20. The number of nitrogens with one attached hydrogen (secondary N) is 1. The Kier molecular flexibility index (Phi) is 3.13. The zero-order valence-corrected chi connectivity index (χ0v) is 8.77. The van der Waals surface area contributed by atoms with Crippen LogP contribution in [0, 0.1) is 0 Å². The fraction of sp³-hybridized carbons (Fsp3) is 0.600. The molecule has 0 spiro atoms. The minimum Gasteiger partial charge on any atom is -0.378 e. The molecule has 0 aromatic carbocycles. The number of hydrogen-bond acceptors (Lipinski definition) is 4. The first-order chi connectivity index (χ1) is 7.31. The van der Waals surface area contributed by atoms with E-state index < -0.39 is 0 Å². The fourth-order valence-corrected chi connectivity index (χ4v) is 1.57. The first-order valence-electron chi connectivity index (χ1n) is 5.18. The minimum absolute atomic E-state index is 0.0156. The second kappa shape index (κ2) is 4.55. The number of aryl methyl sites for hydroxylation is 1. The number of ketones is 1. The van der Waals surface area contributed by atoms with Crippen molar-refractivity contribution in [3.8, 4) is 0 Å². The number of morpholine rings is 1. The fourth-order valence-electron chi connectivity index (χ4n) is 1.57. The van der Waals surface area contributed by atoms with Crippen LogP contribution in [0.25, 0.3) is 0 Å². The van der Waals surface area contributed by atoms with Crippen LogP contribution in [-0.2, 0) is 11.3 Å². The van der Waals surface area contributed by atoms with E-state index in [9.17, 15) is 4.79 Å². The zero-order chi connectivity index (χ0) is 10.7. The summed E-state index contributed by atoms with van der Waals surface area (Å²) in [6, 6.07) is -0.237. The summed E-state index contributed by atoms with van der Waals surface area (Å²) in [6.07, 6.45) is 3.45. The average molecular weight is 209 g/mol. The Balaban J connectivity index is 2.05. The Labute approximate surface area is 88.4 Å². The van der Waals surface area contributed by atoms with Crippen molar-refractivity contribution in [2.45, 2.75) is 19.5 Å². The molecule has 0 bridgehead atoms. The van der Waals surface area contributed by atoms with E-state index in [1.807, 2.05) is 11.5 Å². The second-order valence-electron chi connectivity index (χ2n) is 3.54. The molecule has 0 radical (unpaired) electrons. The molecule has 1 N–H and O–H groups in total. The van der Waals surface area contributed by atoms with Gasteiger partial charge in [-0.15, -0.1) is 0 Å². The molecule has 82 valence electrons. The van der Waals surface area contributed by atoms with Crippen LogP contribution < -0.4 is 5.32 Å². The number of hydrogen-bond donors (Lipinski definition) is 1. The molecule has 1 aliphatic rings. The van der Waals surface area contributed by atoms with Crippen molar-refractivity contribution in [3.63, 3.8) is 0 Å². The molecule has 5 nitrogen and oxygen atoms in total. The van der Waals surface area contributed by atoms with Gasteiger partial charge in [0.15, 0.2) is 0 Å². The van der Waals surface area contributed by atoms with Gasteiger partial charge in [-0.3, -0.25) is 4.79 Å². The molecule has 2 heterocycles. The third kappa shape index (κ3) is 2.24. The molecule has 2 rings (SSSR count). The smallest absolute Gasteiger partial charge is 0.201 e. The highest BCUT2D eigenvalue weighted by molar-refractivity contribution is 5.98. The number of nitrogens with zero attached hydrogens (tertiary/aromatic N) is 2. The summed E-state index contributed by atoms with van der Waals surface area (Å²) in [7, 11) is 0. The Morgan fingerprint density at radius 3 is 3.27 bits per heavy atom. The first kappa shape index (κ1) is 10.3. The summed E-state index contributed by atoms with van der Waals surface area (Å²) in [5.41, 5.74) is 0.514. The van der Waals surface area contributed by atoms with Gasteiger partial charge in [0.05, 0.1) is 25.6 Å². The predicted molar refractivity (Wildman–Crippen MR) is 54.8 cm³/mol. The molecule has 1 unspecified atom stereocenters. The van der Waals surface area contributed by atoms with Crippen LogP contribution >= 0.6 is 0 Å². The topological polar surface area (TPSA) is 56.2 Å². The minimum atomic E-state index is -0.237. The third-order valence-corrected chi connectivity index (χ3v) is 2.49. The maximum atomic E-state index is 11.9. The lowest BCUT2D eigenvalue weighted by Gasteiger charge is -2.21. The van der Waals surface area contributed by atoms with Crippen molar-refractivity contribution in [2.24, 2.45) is 0 Å². The molecule has 0 saturated carbocycles. The third-order valence-electron chi connectivity index (χ3n) is 2.49. The Morgan fingerprint density at radius 1 is 1.80 bits per heavy atom. The van der Waals surface area contributed by atoms with Crippen LogP contribution in [0.3, 0.4) is 0 Å². The van der Waals surface area contributed by atoms with E-state index in [2.05, 4.69) is 10.3 Å². The number of imidazole rings is 1. The van der Waals surface area contributed by atoms with Crippen LogP contribution in [-0.4, -0.2) is 41.1 Å². The maximum Gasteiger partial charge on any atom is 0.201 e. The lowest BCUT2D eigenvalue weighted by Crippen LogP contribution is -2.46. The number of carbonyl (C=O) groups excluding carboxylic acids is 1. The molecule has 0 amide bonds. The largest absolute Gasteiger partial charge is 0.378 e. The lowest BCUT2D eigenvalue weighted by atomic mass is 10.1. The van der Waals surface area contributed by atoms with Gasteiger partial charge in [-0.1, -0.05) is 0 Å². The van der Waals surface area contributed by atoms with Crippen molar-refractivity contribution in [2.75, 3.05) is 19.8 Å². The average Bonchev–Trinajstić information content (AvgIpc) is 2.78. The molecule has 1 atom stereocenters. The zero-order valence-electron chi connectivity index (χ0n) is 8.77. The van der Waals surface area contributed by atoms with E-state index in [0.717, 1.165) is 13.1 Å². The van der Waals surface area contributed by atoms with E-state index in [1.54, 1.807) is 12.5 Å². The van der Waals surface area contributed by atoms with E-state index in [0.29, 0.717) is 18.9 Å². The van der Waals surface area contributed by atoms with E-state index in [1.165, 1.54) is 0 Å². The standard InChI is InChI=1S/C10H15N3O2/c1-2-13-5-8(12-7-13)10(14)9-6-15-4-3-11-9/h5,7,9,11H,2-4,6H2,1H3. The quantitative estimate of drug-likeness (QED) is 0.716. The van der Waals surface area contributed by atoms with Gasteiger partial charge in [-0.2, -0.15) is 0 Å². The highest BCUT2D eigenvalue weighted by Crippen LogP contribution is 2.04. The molecular weight excluding hydrogens is 194 g/mol. The SMILES string of the molecule is CCn1cnc(C(=O)C2COCCN2)c1. The number of carbonyl (C=O) groups is 1. The van der Waals surface area contributed by atoms with Gasteiger partial charge in [0, 0.05) is 19.3 Å². The van der Waals surface area contributed by atoms with Crippen molar-refractivity contribution in [1.29, 1.82) is 0 Å². The van der Waals surface area contributed by atoms with Crippen LogP contribution in [0.15, 0.2) is 12.5 Å². The molecular formula is C10H15N3O2. The summed E-state index contributed by atoms with van der Waals surface area (Å²) in [5.74, 6) is 0.0156. The van der Waals surface area contributed by atoms with Crippen molar-refractivity contribution in [1.82, 2.24) is 14.9 Å². The molecule has 1 saturated heterocycles. The molecule has 1 aromatic heterocycles. The molecule has 1 aromatic rings. The van der Waals surface area contributed by atoms with Gasteiger partial charge in [-0.05, 0) is 6.92 Å². The number of Topliss-reactive ketones (excluding diaryl/α,β-unsaturated/α-hetero) is 1. The van der Waals surface area contributed by atoms with Crippen LogP contribution in [0.2, 0.25) is 0 Å². The van der Waals surface area contributed by atoms with Gasteiger partial charge in [0.25, 0.3) is 0 Å². The van der Waals surface area contributed by atoms with Gasteiger partial charge in [0.1, 0.15) is 5.69 Å². The number of rotatable bonds is 3. The monoisotopic (exact) mass is 209 g/mol. The van der Waals surface area contributed by atoms with Gasteiger partial charge in [0.2, 0.25) is 5.78 Å². The molecule has 5 heteroatoms. The second-order valence-corrected chi connectivity index (χ2v) is 3.54. The normalized spacial score (nSPS) is 21.5. The molecule has 1 aliphatic heterocycles. The molecule has 15 heavy (non-hydrogen) atoms. The van der Waals surface area contributed by atoms with Gasteiger partial charge < -0.3 is 14.6 Å². The number of ether oxygens (including phenoxy) is 1. The van der Waals surface area contributed by atoms with Crippen LogP contribution in [0.4, 0.5) is 0 Å². The van der Waals surface area contributed by atoms with Crippen LogP contribution in [0.5, 0.6) is 0 Å². The van der Waals surface area contributed by atoms with Crippen molar-refractivity contribution < 1.29 is 9.53 Å². The Morgan fingerprint density at radius 2 is 2.67 bits per heavy atom. The number of aromatic nitrogens is 2. The summed E-state index contributed by atoms with van der Waals surface area (Å²) < 4.78 is 7.13. The van der Waals surface area contributed by atoms with E-state index in [-0.39, 0.29) is 11.8 Å². The highest BCUT2D eigenvalue weighted by atomic mass is 16.5. The van der Waals surface area contributed by atoms with Crippen molar-refractivity contribution >= 4 is 5.78 Å². The summed E-state index contributed by atoms with van der Waals surface area (Å²) in [6.45, 7) is 4.68. The molecule has 1 fully saturated rings. The van der Waals surface area contributed by atoms with E-state index >= 15 is 0 Å². The first-order valence-corrected chi connectivity index (χ1v) is 5.18. The lowest BCUT2D eigenvalue weighted by molar-refractivity contribution is 0.0604. The van der Waals surface area contributed by atoms with Gasteiger partial charge >= 0.3 is 0 Å².